The van der Waals surface area contributed by atoms with Gasteiger partial charge in [-0.25, -0.2) is 0 Å². The predicted molar refractivity (Wildman–Crippen MR) is 57.4 cm³/mol. The number of fused-ring (bicyclic) bond motifs is 2. The molecule has 0 radical (unpaired) electrons. The van der Waals surface area contributed by atoms with Crippen LogP contribution in [0.1, 0.15) is 21.6 Å². The van der Waals surface area contributed by atoms with E-state index in [9.17, 15) is 4.79 Å². The van der Waals surface area contributed by atoms with Crippen molar-refractivity contribution in [2.45, 2.75) is 6.61 Å². The molecule has 2 heterocycles. The van der Waals surface area contributed by atoms with Crippen LogP contribution >= 0.6 is 0 Å². The van der Waals surface area contributed by atoms with Gasteiger partial charge in [0.25, 0.3) is 0 Å². The van der Waals surface area contributed by atoms with Crippen LogP contribution < -0.4 is 4.74 Å². The van der Waals surface area contributed by atoms with Crippen molar-refractivity contribution in [1.82, 2.24) is 9.78 Å². The van der Waals surface area contributed by atoms with Gasteiger partial charge in [0.1, 0.15) is 12.4 Å². The molecule has 0 unspecified atom stereocenters. The number of hydrogen-bond acceptors (Lipinski definition) is 3. The fourth-order valence-corrected chi connectivity index (χ4v) is 1.89. The van der Waals surface area contributed by atoms with Gasteiger partial charge in [0.15, 0.2) is 5.78 Å². The van der Waals surface area contributed by atoms with Crippen molar-refractivity contribution in [2.75, 3.05) is 0 Å². The van der Waals surface area contributed by atoms with E-state index in [1.54, 1.807) is 16.9 Å². The Morgan fingerprint density at radius 2 is 2.12 bits per heavy atom. The van der Waals surface area contributed by atoms with Crippen LogP contribution in [0.5, 0.6) is 5.75 Å². The van der Waals surface area contributed by atoms with Gasteiger partial charge in [0.05, 0.1) is 23.0 Å². The summed E-state index contributed by atoms with van der Waals surface area (Å²) >= 11 is 0. The lowest BCUT2D eigenvalue weighted by atomic mass is 10.0. The third kappa shape index (κ3) is 1.16. The maximum absolute atomic E-state index is 12.2. The Kier molecular flexibility index (Phi) is 1.83. The molecule has 0 spiro atoms. The summed E-state index contributed by atoms with van der Waals surface area (Å²) in [5.41, 5.74) is 2.06. The van der Waals surface area contributed by atoms with Gasteiger partial charge in [-0.15, -0.1) is 0 Å². The first-order valence-corrected chi connectivity index (χ1v) is 5.05. The molecule has 4 nitrogen and oxygen atoms in total. The Morgan fingerprint density at radius 3 is 3.00 bits per heavy atom. The topological polar surface area (TPSA) is 44.1 Å². The van der Waals surface area contributed by atoms with Gasteiger partial charge in [-0.2, -0.15) is 5.10 Å². The number of nitrogens with zero attached hydrogens (tertiary/aromatic N) is 2. The first kappa shape index (κ1) is 9.15. The van der Waals surface area contributed by atoms with E-state index in [0.29, 0.717) is 23.5 Å². The summed E-state index contributed by atoms with van der Waals surface area (Å²) in [5, 5.41) is 4.08. The molecule has 1 aromatic carbocycles. The molecule has 16 heavy (non-hydrogen) atoms. The molecule has 0 saturated carbocycles. The zero-order valence-electron chi connectivity index (χ0n) is 8.80. The van der Waals surface area contributed by atoms with Crippen LogP contribution in [0.4, 0.5) is 0 Å². The summed E-state index contributed by atoms with van der Waals surface area (Å²) in [4.78, 5) is 12.2. The number of ether oxygens (including phenoxy) is 1. The summed E-state index contributed by atoms with van der Waals surface area (Å²) in [7, 11) is 1.81. The molecule has 0 aliphatic carbocycles. The lowest BCUT2D eigenvalue weighted by molar-refractivity contribution is 0.103. The molecule has 1 aliphatic heterocycles. The van der Waals surface area contributed by atoms with Gasteiger partial charge in [0.2, 0.25) is 0 Å². The van der Waals surface area contributed by atoms with Crippen molar-refractivity contribution in [1.29, 1.82) is 0 Å². The second-order valence-corrected chi connectivity index (χ2v) is 3.74. The van der Waals surface area contributed by atoms with Gasteiger partial charge in [-0.3, -0.25) is 9.48 Å². The van der Waals surface area contributed by atoms with Crippen LogP contribution in [0, 0.1) is 0 Å². The van der Waals surface area contributed by atoms with Crippen LogP contribution in [0.15, 0.2) is 30.5 Å². The fourth-order valence-electron chi connectivity index (χ4n) is 1.89. The highest BCUT2D eigenvalue weighted by atomic mass is 16.5. The molecule has 3 rings (SSSR count). The van der Waals surface area contributed by atoms with Crippen LogP contribution in [-0.2, 0) is 13.7 Å². The molecule has 0 fully saturated rings. The van der Waals surface area contributed by atoms with Crippen LogP contribution in [0.2, 0.25) is 0 Å². The van der Waals surface area contributed by atoms with E-state index in [4.69, 9.17) is 4.74 Å². The Labute approximate surface area is 92.5 Å². The third-order valence-corrected chi connectivity index (χ3v) is 2.80. The van der Waals surface area contributed by atoms with Crippen molar-refractivity contribution in [2.24, 2.45) is 7.05 Å². The van der Waals surface area contributed by atoms with E-state index < -0.39 is 0 Å². The number of carbonyl (C=O) groups is 1. The maximum Gasteiger partial charge on any atom is 0.200 e. The smallest absolute Gasteiger partial charge is 0.200 e. The number of para-hydroxylation sites is 1. The second kappa shape index (κ2) is 3.20. The molecule has 0 saturated heterocycles. The summed E-state index contributed by atoms with van der Waals surface area (Å²) in [5.74, 6) is 0.625. The van der Waals surface area contributed by atoms with Gasteiger partial charge in [-0.05, 0) is 12.1 Å². The molecule has 0 N–H and O–H groups in total. The van der Waals surface area contributed by atoms with E-state index in [-0.39, 0.29) is 5.78 Å². The van der Waals surface area contributed by atoms with Gasteiger partial charge in [-0.1, -0.05) is 12.1 Å². The minimum Gasteiger partial charge on any atom is -0.487 e. The van der Waals surface area contributed by atoms with Crippen molar-refractivity contribution in [3.8, 4) is 5.75 Å². The molecule has 0 amide bonds. The van der Waals surface area contributed by atoms with E-state index >= 15 is 0 Å². The number of rotatable bonds is 0. The molecular weight excluding hydrogens is 204 g/mol. The van der Waals surface area contributed by atoms with Crippen molar-refractivity contribution < 1.29 is 9.53 Å². The van der Waals surface area contributed by atoms with Crippen LogP contribution in [0.3, 0.4) is 0 Å². The Morgan fingerprint density at radius 1 is 1.31 bits per heavy atom. The number of carbonyl (C=O) groups excluding carboxylic acids is 1. The summed E-state index contributed by atoms with van der Waals surface area (Å²) < 4.78 is 7.28. The highest BCUT2D eigenvalue weighted by molar-refractivity contribution is 6.11. The first-order chi connectivity index (χ1) is 7.77. The summed E-state index contributed by atoms with van der Waals surface area (Å²) in [6.45, 7) is 0.384. The average molecular weight is 214 g/mol. The standard InChI is InChI=1S/C12H10N2O2/c1-14-10-7-16-11-5-3-2-4-8(11)12(15)9(10)6-13-14/h2-6H,7H2,1H3. The van der Waals surface area contributed by atoms with Gasteiger partial charge >= 0.3 is 0 Å². The van der Waals surface area contributed by atoms with Crippen LogP contribution in [-0.4, -0.2) is 15.6 Å². The SMILES string of the molecule is Cn1ncc2c1COc1ccccc1C2=O. The fraction of sp³-hybridized carbons (Fsp3) is 0.167. The molecule has 1 aliphatic rings. The number of aromatic nitrogens is 2. The van der Waals surface area contributed by atoms with Crippen molar-refractivity contribution >= 4 is 5.78 Å². The van der Waals surface area contributed by atoms with E-state index in [1.807, 2.05) is 25.2 Å². The van der Waals surface area contributed by atoms with E-state index in [0.717, 1.165) is 5.69 Å². The highest BCUT2D eigenvalue weighted by Gasteiger charge is 2.24. The zero-order chi connectivity index (χ0) is 11.1. The quantitative estimate of drug-likeness (QED) is 0.668. The predicted octanol–water partition coefficient (Wildman–Crippen LogP) is 1.54. The number of benzene rings is 1. The Hall–Kier alpha value is -2.10. The third-order valence-electron chi connectivity index (χ3n) is 2.80. The lowest BCUT2D eigenvalue weighted by Crippen LogP contribution is -2.04. The minimum atomic E-state index is -0.0174. The average Bonchev–Trinajstić information content (AvgIpc) is 2.60. The molecule has 80 valence electrons. The van der Waals surface area contributed by atoms with E-state index in [1.165, 1.54) is 0 Å². The molecule has 0 bridgehead atoms. The van der Waals surface area contributed by atoms with Crippen molar-refractivity contribution in [3.63, 3.8) is 0 Å². The maximum atomic E-state index is 12.2. The number of hydrogen-bond donors (Lipinski definition) is 0. The first-order valence-electron chi connectivity index (χ1n) is 5.05. The molecular formula is C12H10N2O2. The Balaban J connectivity index is 2.22. The normalized spacial score (nSPS) is 13.7. The minimum absolute atomic E-state index is 0.0174. The summed E-state index contributed by atoms with van der Waals surface area (Å²) in [6, 6.07) is 7.29. The molecule has 0 atom stereocenters. The molecule has 2 aromatic rings. The zero-order valence-corrected chi connectivity index (χ0v) is 8.80. The highest BCUT2D eigenvalue weighted by Crippen LogP contribution is 2.27. The number of ketones is 1. The van der Waals surface area contributed by atoms with E-state index in [2.05, 4.69) is 5.10 Å². The summed E-state index contributed by atoms with van der Waals surface area (Å²) in [6.07, 6.45) is 1.60. The monoisotopic (exact) mass is 214 g/mol. The molecule has 1 aromatic heterocycles. The Bertz CT molecular complexity index is 572. The van der Waals surface area contributed by atoms with Gasteiger partial charge < -0.3 is 4.74 Å². The van der Waals surface area contributed by atoms with Gasteiger partial charge in [0, 0.05) is 7.05 Å². The van der Waals surface area contributed by atoms with Crippen molar-refractivity contribution in [3.05, 3.63) is 47.3 Å². The largest absolute Gasteiger partial charge is 0.487 e. The van der Waals surface area contributed by atoms with Crippen LogP contribution in [0.25, 0.3) is 0 Å². The molecule has 4 heteroatoms. The number of aryl methyl sites for hydroxylation is 1. The lowest BCUT2D eigenvalue weighted by Gasteiger charge is -2.05. The second-order valence-electron chi connectivity index (χ2n) is 3.74.